The van der Waals surface area contributed by atoms with Crippen LogP contribution in [-0.4, -0.2) is 11.4 Å². The summed E-state index contributed by atoms with van der Waals surface area (Å²) in [6.45, 7) is 4.34. The molecule has 0 aromatic rings. The highest BCUT2D eigenvalue weighted by atomic mass is 16.2. The quantitative estimate of drug-likeness (QED) is 0.744. The molecule has 0 bridgehead atoms. The number of hydrogen-bond donors (Lipinski definition) is 1. The van der Waals surface area contributed by atoms with Crippen molar-refractivity contribution in [2.45, 2.75) is 64.3 Å². The molecule has 0 radical (unpaired) electrons. The van der Waals surface area contributed by atoms with Crippen LogP contribution >= 0.6 is 0 Å². The SMILES string of the molecule is CCCC1C(C)C(=O)NC12CCCCC2. The Bertz CT molecular complexity index is 243. The van der Waals surface area contributed by atoms with Gasteiger partial charge in [0.25, 0.3) is 0 Å². The lowest BCUT2D eigenvalue weighted by atomic mass is 9.70. The van der Waals surface area contributed by atoms with E-state index in [2.05, 4.69) is 19.2 Å². The van der Waals surface area contributed by atoms with Crippen LogP contribution in [0.4, 0.5) is 0 Å². The molecule has 1 spiro atoms. The summed E-state index contributed by atoms with van der Waals surface area (Å²) < 4.78 is 0. The fourth-order valence-electron chi connectivity index (χ4n) is 3.63. The molecule has 0 aromatic heterocycles. The van der Waals surface area contributed by atoms with Gasteiger partial charge in [-0.1, -0.05) is 39.5 Å². The van der Waals surface area contributed by atoms with Crippen LogP contribution in [0.1, 0.15) is 58.8 Å². The van der Waals surface area contributed by atoms with E-state index in [4.69, 9.17) is 0 Å². The van der Waals surface area contributed by atoms with Crippen molar-refractivity contribution in [3.05, 3.63) is 0 Å². The third kappa shape index (κ3) is 1.79. The molecule has 2 aliphatic rings. The molecule has 2 unspecified atom stereocenters. The predicted molar refractivity (Wildman–Crippen MR) is 61.5 cm³/mol. The minimum atomic E-state index is 0.185. The zero-order valence-corrected chi connectivity index (χ0v) is 10.0. The number of nitrogens with one attached hydrogen (secondary N) is 1. The van der Waals surface area contributed by atoms with Crippen molar-refractivity contribution < 1.29 is 4.79 Å². The van der Waals surface area contributed by atoms with Gasteiger partial charge in [-0.15, -0.1) is 0 Å². The lowest BCUT2D eigenvalue weighted by molar-refractivity contribution is -0.122. The summed E-state index contributed by atoms with van der Waals surface area (Å²) in [5.74, 6) is 1.13. The first-order valence-electron chi connectivity index (χ1n) is 6.51. The first-order chi connectivity index (χ1) is 7.19. The maximum atomic E-state index is 11.8. The number of hydrogen-bond acceptors (Lipinski definition) is 1. The highest BCUT2D eigenvalue weighted by Gasteiger charge is 2.50. The van der Waals surface area contributed by atoms with Crippen LogP contribution in [0.2, 0.25) is 0 Å². The second kappa shape index (κ2) is 4.15. The second-order valence-electron chi connectivity index (χ2n) is 5.39. The Hall–Kier alpha value is -0.530. The molecule has 1 aliphatic carbocycles. The lowest BCUT2D eigenvalue weighted by Crippen LogP contribution is -2.47. The third-order valence-corrected chi connectivity index (χ3v) is 4.44. The first-order valence-corrected chi connectivity index (χ1v) is 6.51. The van der Waals surface area contributed by atoms with Crippen LogP contribution < -0.4 is 5.32 Å². The summed E-state index contributed by atoms with van der Waals surface area (Å²) in [6.07, 6.45) is 8.79. The molecule has 15 heavy (non-hydrogen) atoms. The van der Waals surface area contributed by atoms with E-state index in [1.165, 1.54) is 44.9 Å². The van der Waals surface area contributed by atoms with Gasteiger partial charge in [-0.2, -0.15) is 0 Å². The Morgan fingerprint density at radius 3 is 2.60 bits per heavy atom. The molecule has 2 nitrogen and oxygen atoms in total. The summed E-state index contributed by atoms with van der Waals surface area (Å²) in [4.78, 5) is 11.8. The topological polar surface area (TPSA) is 29.1 Å². The zero-order chi connectivity index (χ0) is 10.9. The van der Waals surface area contributed by atoms with Gasteiger partial charge in [0.1, 0.15) is 0 Å². The van der Waals surface area contributed by atoms with Crippen molar-refractivity contribution in [1.82, 2.24) is 5.32 Å². The van der Waals surface area contributed by atoms with E-state index in [0.717, 1.165) is 0 Å². The molecule has 1 heterocycles. The fraction of sp³-hybridized carbons (Fsp3) is 0.923. The largest absolute Gasteiger partial charge is 0.350 e. The second-order valence-corrected chi connectivity index (χ2v) is 5.39. The Labute approximate surface area is 92.8 Å². The van der Waals surface area contributed by atoms with Gasteiger partial charge in [-0.05, 0) is 25.2 Å². The van der Waals surface area contributed by atoms with Gasteiger partial charge in [0, 0.05) is 11.5 Å². The monoisotopic (exact) mass is 209 g/mol. The summed E-state index contributed by atoms with van der Waals surface area (Å²) in [7, 11) is 0. The van der Waals surface area contributed by atoms with Crippen LogP contribution in [-0.2, 0) is 4.79 Å². The summed E-state index contributed by atoms with van der Waals surface area (Å²) >= 11 is 0. The summed E-state index contributed by atoms with van der Waals surface area (Å²) in [5, 5.41) is 3.31. The van der Waals surface area contributed by atoms with Gasteiger partial charge >= 0.3 is 0 Å². The van der Waals surface area contributed by atoms with Gasteiger partial charge in [0.05, 0.1) is 0 Å². The number of amides is 1. The molecule has 1 saturated heterocycles. The number of carbonyl (C=O) groups is 1. The highest BCUT2D eigenvalue weighted by Crippen LogP contribution is 2.44. The standard InChI is InChI=1S/C13H23NO/c1-3-7-11-10(2)12(15)14-13(11)8-5-4-6-9-13/h10-11H,3-9H2,1-2H3,(H,14,15). The molecule has 2 heteroatoms. The van der Waals surface area contributed by atoms with Gasteiger partial charge in [0.2, 0.25) is 5.91 Å². The van der Waals surface area contributed by atoms with Crippen molar-refractivity contribution in [3.63, 3.8) is 0 Å². The minimum absolute atomic E-state index is 0.185. The number of rotatable bonds is 2. The molecule has 2 rings (SSSR count). The Morgan fingerprint density at radius 2 is 2.00 bits per heavy atom. The molecule has 86 valence electrons. The van der Waals surface area contributed by atoms with E-state index in [1.807, 2.05) is 0 Å². The highest BCUT2D eigenvalue weighted by molar-refractivity contribution is 5.82. The van der Waals surface area contributed by atoms with E-state index in [-0.39, 0.29) is 11.5 Å². The average Bonchev–Trinajstić information content (AvgIpc) is 2.45. The van der Waals surface area contributed by atoms with E-state index in [9.17, 15) is 4.79 Å². The van der Waals surface area contributed by atoms with Crippen molar-refractivity contribution in [1.29, 1.82) is 0 Å². The Balaban J connectivity index is 2.17. The van der Waals surface area contributed by atoms with Crippen molar-refractivity contribution in [3.8, 4) is 0 Å². The van der Waals surface area contributed by atoms with Crippen molar-refractivity contribution >= 4 is 5.91 Å². The van der Waals surface area contributed by atoms with Crippen LogP contribution in [0.15, 0.2) is 0 Å². The fourth-order valence-corrected chi connectivity index (χ4v) is 3.63. The first kappa shape index (κ1) is 11.0. The van der Waals surface area contributed by atoms with Crippen LogP contribution in [0.3, 0.4) is 0 Å². The van der Waals surface area contributed by atoms with E-state index in [0.29, 0.717) is 11.8 Å². The smallest absolute Gasteiger partial charge is 0.223 e. The molecule has 1 amide bonds. The molecular weight excluding hydrogens is 186 g/mol. The van der Waals surface area contributed by atoms with Crippen LogP contribution in [0, 0.1) is 11.8 Å². The molecule has 1 aliphatic heterocycles. The normalized spacial score (nSPS) is 34.4. The zero-order valence-electron chi connectivity index (χ0n) is 10.0. The van der Waals surface area contributed by atoms with Gasteiger partial charge < -0.3 is 5.32 Å². The van der Waals surface area contributed by atoms with Crippen molar-refractivity contribution in [2.24, 2.45) is 11.8 Å². The lowest BCUT2D eigenvalue weighted by Gasteiger charge is -2.39. The molecular formula is C13H23NO. The van der Waals surface area contributed by atoms with Crippen LogP contribution in [0.25, 0.3) is 0 Å². The van der Waals surface area contributed by atoms with Gasteiger partial charge in [-0.3, -0.25) is 4.79 Å². The van der Waals surface area contributed by atoms with E-state index >= 15 is 0 Å². The summed E-state index contributed by atoms with van der Waals surface area (Å²) in [5.41, 5.74) is 0.185. The summed E-state index contributed by atoms with van der Waals surface area (Å²) in [6, 6.07) is 0. The van der Waals surface area contributed by atoms with Gasteiger partial charge in [-0.25, -0.2) is 0 Å². The molecule has 2 atom stereocenters. The van der Waals surface area contributed by atoms with E-state index < -0.39 is 0 Å². The molecule has 1 N–H and O–H groups in total. The van der Waals surface area contributed by atoms with Crippen molar-refractivity contribution in [2.75, 3.05) is 0 Å². The van der Waals surface area contributed by atoms with Crippen LogP contribution in [0.5, 0.6) is 0 Å². The molecule has 1 saturated carbocycles. The average molecular weight is 209 g/mol. The van der Waals surface area contributed by atoms with Gasteiger partial charge in [0.15, 0.2) is 0 Å². The minimum Gasteiger partial charge on any atom is -0.350 e. The predicted octanol–water partition coefficient (Wildman–Crippen LogP) is 2.87. The molecule has 2 fully saturated rings. The van der Waals surface area contributed by atoms with E-state index in [1.54, 1.807) is 0 Å². The Kier molecular flexibility index (Phi) is 3.03. The molecule has 0 aromatic carbocycles. The maximum Gasteiger partial charge on any atom is 0.223 e. The number of carbonyl (C=O) groups excluding carboxylic acids is 1. The third-order valence-electron chi connectivity index (χ3n) is 4.44. The Morgan fingerprint density at radius 1 is 1.33 bits per heavy atom. The maximum absolute atomic E-state index is 11.8.